The predicted octanol–water partition coefficient (Wildman–Crippen LogP) is 4.91. The molecule has 1 amide bonds. The Labute approximate surface area is 140 Å². The van der Waals surface area contributed by atoms with E-state index in [0.29, 0.717) is 5.69 Å². The molecule has 3 nitrogen and oxygen atoms in total. The lowest BCUT2D eigenvalue weighted by molar-refractivity contribution is 0.0755. The largest absolute Gasteiger partial charge is 0.337 e. The van der Waals surface area contributed by atoms with Crippen LogP contribution in [0.5, 0.6) is 0 Å². The molecule has 3 rings (SSSR count). The molecule has 1 aliphatic rings. The molecule has 0 bridgehead atoms. The second-order valence-electron chi connectivity index (χ2n) is 5.93. The third-order valence-electron chi connectivity index (χ3n) is 4.32. The maximum atomic E-state index is 12.7. The number of likely N-dealkylation sites (tertiary alicyclic amines) is 1. The Morgan fingerprint density at radius 3 is 3.05 bits per heavy atom. The summed E-state index contributed by atoms with van der Waals surface area (Å²) in [6.45, 7) is 4.01. The summed E-state index contributed by atoms with van der Waals surface area (Å²) >= 11 is 3.22. The summed E-state index contributed by atoms with van der Waals surface area (Å²) in [5, 5.41) is 6.97. The molecule has 0 aromatic carbocycles. The topological polar surface area (TPSA) is 33.2 Å². The van der Waals surface area contributed by atoms with Gasteiger partial charge in [0.2, 0.25) is 0 Å². The van der Waals surface area contributed by atoms with Crippen molar-refractivity contribution in [2.24, 2.45) is 5.92 Å². The molecule has 1 aliphatic heterocycles. The molecule has 0 spiro atoms. The third kappa shape index (κ3) is 3.58. The van der Waals surface area contributed by atoms with Crippen molar-refractivity contribution in [2.75, 3.05) is 13.1 Å². The molecule has 1 saturated heterocycles. The highest BCUT2D eigenvalue weighted by Gasteiger charge is 2.23. The van der Waals surface area contributed by atoms with E-state index in [9.17, 15) is 4.79 Å². The van der Waals surface area contributed by atoms with Crippen LogP contribution in [-0.4, -0.2) is 28.9 Å². The Balaban J connectivity index is 1.66. The number of hydrogen-bond acceptors (Lipinski definition) is 4. The van der Waals surface area contributed by atoms with Gasteiger partial charge in [0.1, 0.15) is 10.7 Å². The number of thiophene rings is 1. The smallest absolute Gasteiger partial charge is 0.273 e. The van der Waals surface area contributed by atoms with Gasteiger partial charge in [-0.25, -0.2) is 4.98 Å². The van der Waals surface area contributed by atoms with Crippen LogP contribution in [0.3, 0.4) is 0 Å². The maximum absolute atomic E-state index is 12.7. The molecule has 0 radical (unpaired) electrons. The summed E-state index contributed by atoms with van der Waals surface area (Å²) in [4.78, 5) is 19.2. The summed E-state index contributed by atoms with van der Waals surface area (Å²) < 4.78 is 0. The van der Waals surface area contributed by atoms with Crippen molar-refractivity contribution in [3.63, 3.8) is 0 Å². The molecule has 2 aromatic heterocycles. The number of carbonyl (C=O) groups is 1. The zero-order valence-corrected chi connectivity index (χ0v) is 14.6. The van der Waals surface area contributed by atoms with Crippen LogP contribution in [0.1, 0.15) is 49.5 Å². The van der Waals surface area contributed by atoms with Crippen LogP contribution in [0.25, 0.3) is 10.6 Å². The first-order valence-electron chi connectivity index (χ1n) is 8.05. The van der Waals surface area contributed by atoms with Crippen molar-refractivity contribution in [3.8, 4) is 10.6 Å². The summed E-state index contributed by atoms with van der Waals surface area (Å²) in [7, 11) is 0. The minimum absolute atomic E-state index is 0.106. The van der Waals surface area contributed by atoms with Gasteiger partial charge in [-0.2, -0.15) is 11.3 Å². The van der Waals surface area contributed by atoms with Crippen LogP contribution in [0, 0.1) is 5.92 Å². The normalized spacial score (nSPS) is 19.1. The van der Waals surface area contributed by atoms with Crippen LogP contribution in [0.4, 0.5) is 0 Å². The molecule has 118 valence electrons. The number of hydrogen-bond donors (Lipinski definition) is 0. The lowest BCUT2D eigenvalue weighted by Gasteiger charge is -2.19. The first-order valence-corrected chi connectivity index (χ1v) is 9.87. The van der Waals surface area contributed by atoms with Gasteiger partial charge in [0.25, 0.3) is 5.91 Å². The fraction of sp³-hybridized carbons (Fsp3) is 0.529. The van der Waals surface area contributed by atoms with E-state index >= 15 is 0 Å². The average molecular weight is 335 g/mol. The van der Waals surface area contributed by atoms with Crippen molar-refractivity contribution in [1.29, 1.82) is 0 Å². The minimum Gasteiger partial charge on any atom is -0.337 e. The maximum Gasteiger partial charge on any atom is 0.273 e. The molecule has 3 heterocycles. The average Bonchev–Trinajstić information content (AvgIpc) is 3.16. The molecular weight excluding hydrogens is 312 g/mol. The Morgan fingerprint density at radius 2 is 2.27 bits per heavy atom. The van der Waals surface area contributed by atoms with E-state index in [0.717, 1.165) is 42.4 Å². The standard InChI is InChI=1S/C17H22N2OS2/c1-2-4-13-5-3-8-19(9-6-13)17(20)15-12-22-16(18-15)14-7-10-21-11-14/h7,10-13H,2-6,8-9H2,1H3. The zero-order chi connectivity index (χ0) is 15.4. The van der Waals surface area contributed by atoms with Gasteiger partial charge in [-0.3, -0.25) is 4.79 Å². The van der Waals surface area contributed by atoms with Gasteiger partial charge in [0, 0.05) is 29.4 Å². The summed E-state index contributed by atoms with van der Waals surface area (Å²) in [5.41, 5.74) is 1.73. The lowest BCUT2D eigenvalue weighted by atomic mass is 9.96. The van der Waals surface area contributed by atoms with Crippen molar-refractivity contribution in [3.05, 3.63) is 27.9 Å². The fourth-order valence-electron chi connectivity index (χ4n) is 3.12. The Hall–Kier alpha value is -1.20. The van der Waals surface area contributed by atoms with Gasteiger partial charge in [-0.15, -0.1) is 11.3 Å². The monoisotopic (exact) mass is 334 g/mol. The predicted molar refractivity (Wildman–Crippen MR) is 93.6 cm³/mol. The molecule has 5 heteroatoms. The molecule has 0 N–H and O–H groups in total. The molecule has 0 aliphatic carbocycles. The van der Waals surface area contributed by atoms with Gasteiger partial charge >= 0.3 is 0 Å². The molecule has 1 fully saturated rings. The van der Waals surface area contributed by atoms with Crippen LogP contribution >= 0.6 is 22.7 Å². The third-order valence-corrected chi connectivity index (χ3v) is 5.90. The number of thiazole rings is 1. The highest BCUT2D eigenvalue weighted by Crippen LogP contribution is 2.27. The van der Waals surface area contributed by atoms with Gasteiger partial charge in [-0.1, -0.05) is 19.8 Å². The van der Waals surface area contributed by atoms with E-state index in [-0.39, 0.29) is 5.91 Å². The highest BCUT2D eigenvalue weighted by atomic mass is 32.1. The number of amides is 1. The summed E-state index contributed by atoms with van der Waals surface area (Å²) in [5.74, 6) is 0.898. The number of rotatable bonds is 4. The van der Waals surface area contributed by atoms with E-state index in [1.807, 2.05) is 15.7 Å². The van der Waals surface area contributed by atoms with E-state index < -0.39 is 0 Å². The summed E-state index contributed by atoms with van der Waals surface area (Å²) in [6, 6.07) is 2.05. The van der Waals surface area contributed by atoms with Gasteiger partial charge < -0.3 is 4.90 Å². The molecule has 1 unspecified atom stereocenters. The second-order valence-corrected chi connectivity index (χ2v) is 7.57. The molecule has 1 atom stereocenters. The quantitative estimate of drug-likeness (QED) is 0.795. The Kier molecular flexibility index (Phi) is 5.26. The van der Waals surface area contributed by atoms with Crippen molar-refractivity contribution in [2.45, 2.75) is 39.0 Å². The number of carbonyl (C=O) groups excluding carboxylic acids is 1. The first kappa shape index (κ1) is 15.7. The Morgan fingerprint density at radius 1 is 1.36 bits per heavy atom. The fourth-order valence-corrected chi connectivity index (χ4v) is 4.62. The van der Waals surface area contributed by atoms with Crippen molar-refractivity contribution < 1.29 is 4.79 Å². The summed E-state index contributed by atoms with van der Waals surface area (Å²) in [6.07, 6.45) is 6.06. The second kappa shape index (κ2) is 7.38. The van der Waals surface area contributed by atoms with E-state index in [1.165, 1.54) is 19.3 Å². The van der Waals surface area contributed by atoms with E-state index in [2.05, 4.69) is 23.4 Å². The van der Waals surface area contributed by atoms with Crippen LogP contribution in [-0.2, 0) is 0 Å². The van der Waals surface area contributed by atoms with E-state index in [4.69, 9.17) is 0 Å². The lowest BCUT2D eigenvalue weighted by Crippen LogP contribution is -2.32. The first-order chi connectivity index (χ1) is 10.8. The number of aromatic nitrogens is 1. The van der Waals surface area contributed by atoms with Crippen LogP contribution in [0.2, 0.25) is 0 Å². The zero-order valence-electron chi connectivity index (χ0n) is 13.0. The molecule has 22 heavy (non-hydrogen) atoms. The Bertz CT molecular complexity index is 606. The highest BCUT2D eigenvalue weighted by molar-refractivity contribution is 7.14. The van der Waals surface area contributed by atoms with Crippen LogP contribution in [0.15, 0.2) is 22.2 Å². The van der Waals surface area contributed by atoms with E-state index in [1.54, 1.807) is 22.7 Å². The SMILES string of the molecule is CCCC1CCCN(C(=O)c2csc(-c3ccsc3)n2)CC1. The van der Waals surface area contributed by atoms with Crippen molar-refractivity contribution in [1.82, 2.24) is 9.88 Å². The number of nitrogens with zero attached hydrogens (tertiary/aromatic N) is 2. The van der Waals surface area contributed by atoms with Gasteiger partial charge in [-0.05, 0) is 36.6 Å². The molecule has 2 aromatic rings. The van der Waals surface area contributed by atoms with Crippen LogP contribution < -0.4 is 0 Å². The van der Waals surface area contributed by atoms with Gasteiger partial charge in [0.15, 0.2) is 0 Å². The van der Waals surface area contributed by atoms with Gasteiger partial charge in [0.05, 0.1) is 0 Å². The minimum atomic E-state index is 0.106. The molecular formula is C17H22N2OS2. The molecule has 0 saturated carbocycles. The van der Waals surface area contributed by atoms with Crippen molar-refractivity contribution >= 4 is 28.6 Å².